The third-order valence-corrected chi connectivity index (χ3v) is 3.29. The van der Waals surface area contributed by atoms with E-state index in [0.717, 1.165) is 17.4 Å². The van der Waals surface area contributed by atoms with Crippen molar-refractivity contribution < 1.29 is 0 Å². The summed E-state index contributed by atoms with van der Waals surface area (Å²) in [6, 6.07) is 4.06. The summed E-state index contributed by atoms with van der Waals surface area (Å²) in [5, 5.41) is 5.08. The van der Waals surface area contributed by atoms with Gasteiger partial charge in [-0.2, -0.15) is 0 Å². The molecule has 2 rings (SSSR count). The zero-order chi connectivity index (χ0) is 15.0. The van der Waals surface area contributed by atoms with Crippen LogP contribution in [0.2, 0.25) is 0 Å². The SMILES string of the molecule is C=CNC(=NCC)SC.Cc1cn(C)c2ncccc12. The number of aliphatic imine (C=N–C) groups is 1. The van der Waals surface area contributed by atoms with Gasteiger partial charge in [0, 0.05) is 31.4 Å². The second kappa shape index (κ2) is 8.43. The molecule has 0 aliphatic carbocycles. The molecule has 108 valence electrons. The normalized spacial score (nSPS) is 10.9. The molecule has 0 aliphatic rings. The van der Waals surface area contributed by atoms with Gasteiger partial charge >= 0.3 is 0 Å². The Morgan fingerprint density at radius 3 is 2.90 bits per heavy atom. The minimum absolute atomic E-state index is 0.816. The lowest BCUT2D eigenvalue weighted by atomic mass is 10.2. The molecule has 0 aromatic carbocycles. The molecule has 0 atom stereocenters. The Labute approximate surface area is 125 Å². The van der Waals surface area contributed by atoms with Crippen LogP contribution in [0.1, 0.15) is 12.5 Å². The Balaban J connectivity index is 0.000000206. The van der Waals surface area contributed by atoms with Gasteiger partial charge in [0.25, 0.3) is 0 Å². The molecule has 5 heteroatoms. The second-order valence-electron chi connectivity index (χ2n) is 4.13. The summed E-state index contributed by atoms with van der Waals surface area (Å²) >= 11 is 1.59. The van der Waals surface area contributed by atoms with E-state index in [1.165, 1.54) is 10.9 Å². The summed E-state index contributed by atoms with van der Waals surface area (Å²) in [4.78, 5) is 8.39. The van der Waals surface area contributed by atoms with Gasteiger partial charge < -0.3 is 9.88 Å². The number of nitrogens with zero attached hydrogens (tertiary/aromatic N) is 3. The molecule has 2 aromatic heterocycles. The lowest BCUT2D eigenvalue weighted by Crippen LogP contribution is -2.12. The zero-order valence-corrected chi connectivity index (χ0v) is 13.4. The number of hydrogen-bond donors (Lipinski definition) is 1. The highest BCUT2D eigenvalue weighted by Crippen LogP contribution is 2.16. The second-order valence-corrected chi connectivity index (χ2v) is 4.92. The Morgan fingerprint density at radius 2 is 2.35 bits per heavy atom. The summed E-state index contributed by atoms with van der Waals surface area (Å²) in [7, 11) is 2.02. The predicted octanol–water partition coefficient (Wildman–Crippen LogP) is 3.34. The molecule has 0 saturated carbocycles. The maximum atomic E-state index is 4.26. The van der Waals surface area contributed by atoms with Gasteiger partial charge in [0.15, 0.2) is 5.17 Å². The van der Waals surface area contributed by atoms with Crippen LogP contribution in [0.4, 0.5) is 0 Å². The first kappa shape index (κ1) is 16.3. The smallest absolute Gasteiger partial charge is 0.160 e. The van der Waals surface area contributed by atoms with E-state index in [9.17, 15) is 0 Å². The largest absolute Gasteiger partial charge is 0.342 e. The highest BCUT2D eigenvalue weighted by atomic mass is 32.2. The first-order chi connectivity index (χ1) is 9.63. The molecule has 0 saturated heterocycles. The van der Waals surface area contributed by atoms with Crippen molar-refractivity contribution in [1.29, 1.82) is 0 Å². The lowest BCUT2D eigenvalue weighted by Gasteiger charge is -1.98. The van der Waals surface area contributed by atoms with Crippen molar-refractivity contribution >= 4 is 28.0 Å². The van der Waals surface area contributed by atoms with E-state index in [-0.39, 0.29) is 0 Å². The number of rotatable bonds is 2. The number of fused-ring (bicyclic) bond motifs is 1. The molecular weight excluding hydrogens is 268 g/mol. The number of nitrogens with one attached hydrogen (secondary N) is 1. The third kappa shape index (κ3) is 4.42. The van der Waals surface area contributed by atoms with Crippen LogP contribution in [-0.2, 0) is 7.05 Å². The summed E-state index contributed by atoms with van der Waals surface area (Å²) in [5.41, 5.74) is 2.35. The minimum atomic E-state index is 0.816. The van der Waals surface area contributed by atoms with Gasteiger partial charge in [-0.25, -0.2) is 4.98 Å². The molecule has 0 amide bonds. The van der Waals surface area contributed by atoms with E-state index in [4.69, 9.17) is 0 Å². The summed E-state index contributed by atoms with van der Waals surface area (Å²) < 4.78 is 2.05. The minimum Gasteiger partial charge on any atom is -0.342 e. The Bertz CT molecular complexity index is 551. The number of thioether (sulfide) groups is 1. The number of pyridine rings is 1. The zero-order valence-electron chi connectivity index (χ0n) is 12.6. The van der Waals surface area contributed by atoms with Crippen molar-refractivity contribution in [2.45, 2.75) is 13.8 Å². The molecular formula is C15H22N4S. The van der Waals surface area contributed by atoms with Crippen LogP contribution < -0.4 is 5.32 Å². The number of amidine groups is 1. The van der Waals surface area contributed by atoms with Gasteiger partial charge in [-0.05, 0) is 44.0 Å². The summed E-state index contributed by atoms with van der Waals surface area (Å²) in [5.74, 6) is 0. The van der Waals surface area contributed by atoms with Crippen molar-refractivity contribution in [1.82, 2.24) is 14.9 Å². The standard InChI is InChI=1S/C9H10N2.C6H12N2S/c1-7-6-11(2)9-8(7)4-3-5-10-9;1-4-7-6(9-3)8-5-2/h3-6H,1-2H3;4H,1,5H2,2-3H3,(H,7,8). The molecule has 1 N–H and O–H groups in total. The highest BCUT2D eigenvalue weighted by Gasteiger charge is 2.00. The molecule has 0 unspecified atom stereocenters. The van der Waals surface area contributed by atoms with Crippen molar-refractivity contribution in [2.75, 3.05) is 12.8 Å². The lowest BCUT2D eigenvalue weighted by molar-refractivity contribution is 0.944. The Morgan fingerprint density at radius 1 is 1.60 bits per heavy atom. The fraction of sp³-hybridized carbons (Fsp3) is 0.333. The first-order valence-corrected chi connectivity index (χ1v) is 7.69. The van der Waals surface area contributed by atoms with E-state index in [2.05, 4.69) is 41.1 Å². The molecule has 2 heterocycles. The van der Waals surface area contributed by atoms with Crippen molar-refractivity contribution in [3.63, 3.8) is 0 Å². The van der Waals surface area contributed by atoms with Gasteiger partial charge in [0.05, 0.1) is 0 Å². The van der Waals surface area contributed by atoms with Crippen LogP contribution >= 0.6 is 11.8 Å². The highest BCUT2D eigenvalue weighted by molar-refractivity contribution is 8.13. The van der Waals surface area contributed by atoms with Crippen LogP contribution in [-0.4, -0.2) is 27.5 Å². The number of hydrogen-bond acceptors (Lipinski definition) is 3. The van der Waals surface area contributed by atoms with Crippen molar-refractivity contribution in [3.05, 3.63) is 42.9 Å². The Kier molecular flexibility index (Phi) is 6.87. The number of aryl methyl sites for hydroxylation is 2. The quantitative estimate of drug-likeness (QED) is 0.681. The fourth-order valence-corrected chi connectivity index (χ4v) is 2.27. The fourth-order valence-electron chi connectivity index (χ4n) is 1.81. The average molecular weight is 290 g/mol. The van der Waals surface area contributed by atoms with Gasteiger partial charge in [0.2, 0.25) is 0 Å². The van der Waals surface area contributed by atoms with Crippen molar-refractivity contribution in [2.24, 2.45) is 12.0 Å². The van der Waals surface area contributed by atoms with Crippen LogP contribution in [0.25, 0.3) is 11.0 Å². The van der Waals surface area contributed by atoms with E-state index in [1.807, 2.05) is 37.1 Å². The molecule has 2 aromatic rings. The monoisotopic (exact) mass is 290 g/mol. The van der Waals surface area contributed by atoms with Gasteiger partial charge in [-0.1, -0.05) is 18.3 Å². The summed E-state index contributed by atoms with van der Waals surface area (Å²) in [6.07, 6.45) is 7.52. The van der Waals surface area contributed by atoms with Crippen LogP contribution in [0, 0.1) is 6.92 Å². The predicted molar refractivity (Wildman–Crippen MR) is 90.3 cm³/mol. The van der Waals surface area contributed by atoms with E-state index in [0.29, 0.717) is 0 Å². The molecule has 0 bridgehead atoms. The summed E-state index contributed by atoms with van der Waals surface area (Å²) in [6.45, 7) is 8.44. The molecule has 4 nitrogen and oxygen atoms in total. The van der Waals surface area contributed by atoms with Crippen LogP contribution in [0.3, 0.4) is 0 Å². The van der Waals surface area contributed by atoms with Crippen molar-refractivity contribution in [3.8, 4) is 0 Å². The maximum Gasteiger partial charge on any atom is 0.160 e. The van der Waals surface area contributed by atoms with Gasteiger partial charge in [-0.3, -0.25) is 4.99 Å². The van der Waals surface area contributed by atoms with Gasteiger partial charge in [0.1, 0.15) is 5.65 Å². The van der Waals surface area contributed by atoms with E-state index < -0.39 is 0 Å². The van der Waals surface area contributed by atoms with E-state index in [1.54, 1.807) is 18.0 Å². The molecule has 0 radical (unpaired) electrons. The van der Waals surface area contributed by atoms with Crippen LogP contribution in [0.15, 0.2) is 42.3 Å². The van der Waals surface area contributed by atoms with Crippen LogP contribution in [0.5, 0.6) is 0 Å². The average Bonchev–Trinajstić information content (AvgIpc) is 2.75. The van der Waals surface area contributed by atoms with E-state index >= 15 is 0 Å². The molecule has 20 heavy (non-hydrogen) atoms. The molecule has 0 fully saturated rings. The first-order valence-electron chi connectivity index (χ1n) is 6.46. The van der Waals surface area contributed by atoms with Gasteiger partial charge in [-0.15, -0.1) is 0 Å². The third-order valence-electron chi connectivity index (χ3n) is 2.65. The molecule has 0 spiro atoms. The Hall–Kier alpha value is -1.75. The maximum absolute atomic E-state index is 4.26. The topological polar surface area (TPSA) is 42.2 Å². The molecule has 0 aliphatic heterocycles. The number of aromatic nitrogens is 2.